The summed E-state index contributed by atoms with van der Waals surface area (Å²) in [5.74, 6) is 1.62. The Hall–Kier alpha value is -2.36. The minimum atomic E-state index is -0.193. The molecule has 0 aliphatic rings. The van der Waals surface area contributed by atoms with Crippen molar-refractivity contribution >= 4 is 18.0 Å². The lowest BCUT2D eigenvalue weighted by atomic mass is 10.1. The third kappa shape index (κ3) is 4.57. The lowest BCUT2D eigenvalue weighted by Crippen LogP contribution is -1.99. The first kappa shape index (κ1) is 18.0. The highest BCUT2D eigenvalue weighted by molar-refractivity contribution is 7.98. The largest absolute Gasteiger partial charge is 0.505 e. The Morgan fingerprint density at radius 2 is 2.12 bits per heavy atom. The first-order valence-electron chi connectivity index (χ1n) is 7.51. The highest BCUT2D eigenvalue weighted by Gasteiger charge is 2.08. The van der Waals surface area contributed by atoms with Crippen molar-refractivity contribution in [3.8, 4) is 11.8 Å². The van der Waals surface area contributed by atoms with Crippen LogP contribution in [0.2, 0.25) is 0 Å². The van der Waals surface area contributed by atoms with Crippen LogP contribution in [-0.2, 0) is 12.4 Å². The molecule has 1 heterocycles. The number of aromatic nitrogens is 1. The van der Waals surface area contributed by atoms with Crippen LogP contribution in [0.4, 0.5) is 0 Å². The van der Waals surface area contributed by atoms with Gasteiger partial charge in [0.15, 0.2) is 0 Å². The predicted molar refractivity (Wildman–Crippen MR) is 96.3 cm³/mol. The van der Waals surface area contributed by atoms with Gasteiger partial charge in [-0.05, 0) is 18.6 Å². The normalized spacial score (nSPS) is 10.9. The predicted octanol–water partition coefficient (Wildman–Crippen LogP) is 2.81. The highest BCUT2D eigenvalue weighted by Crippen LogP contribution is 2.22. The number of aliphatic hydroxyl groups is 1. The Labute approximate surface area is 145 Å². The van der Waals surface area contributed by atoms with Gasteiger partial charge in [0.2, 0.25) is 0 Å². The molecule has 0 fully saturated rings. The van der Waals surface area contributed by atoms with Crippen molar-refractivity contribution in [3.05, 3.63) is 58.4 Å². The van der Waals surface area contributed by atoms with Gasteiger partial charge in [-0.1, -0.05) is 18.2 Å². The minimum absolute atomic E-state index is 0.0564. The molecule has 124 valence electrons. The second kappa shape index (κ2) is 9.06. The summed E-state index contributed by atoms with van der Waals surface area (Å²) in [7, 11) is 0. The molecule has 2 rings (SSSR count). The van der Waals surface area contributed by atoms with Crippen molar-refractivity contribution in [1.29, 1.82) is 5.26 Å². The number of hydrogen-bond donors (Lipinski definition) is 2. The molecule has 6 heteroatoms. The second-order valence-corrected chi connectivity index (χ2v) is 6.25. The molecule has 2 aromatic rings. The van der Waals surface area contributed by atoms with E-state index in [0.717, 1.165) is 17.1 Å². The number of nitrogens with zero attached hydrogens (tertiary/aromatic N) is 3. The van der Waals surface area contributed by atoms with Gasteiger partial charge in [-0.25, -0.2) is 0 Å². The topological polar surface area (TPSA) is 89.5 Å². The summed E-state index contributed by atoms with van der Waals surface area (Å²) < 4.78 is 0. The Morgan fingerprint density at radius 3 is 2.88 bits per heavy atom. The summed E-state index contributed by atoms with van der Waals surface area (Å²) >= 11 is 1.70. The summed E-state index contributed by atoms with van der Waals surface area (Å²) in [5, 5.41) is 28.4. The molecular weight excluding hydrogens is 322 g/mol. The van der Waals surface area contributed by atoms with Gasteiger partial charge in [0.1, 0.15) is 5.75 Å². The van der Waals surface area contributed by atoms with Crippen LogP contribution >= 0.6 is 11.8 Å². The van der Waals surface area contributed by atoms with Crippen LogP contribution < -0.4 is 0 Å². The number of rotatable bonds is 7. The average Bonchev–Trinajstić information content (AvgIpc) is 2.61. The molecule has 5 nitrogen and oxygen atoms in total. The second-order valence-electron chi connectivity index (χ2n) is 5.15. The van der Waals surface area contributed by atoms with E-state index in [-0.39, 0.29) is 12.4 Å². The molecule has 0 saturated heterocycles. The van der Waals surface area contributed by atoms with Crippen molar-refractivity contribution in [3.63, 3.8) is 0 Å². The lowest BCUT2D eigenvalue weighted by molar-refractivity contribution is 0.280. The van der Waals surface area contributed by atoms with Gasteiger partial charge >= 0.3 is 0 Å². The molecule has 0 aliphatic heterocycles. The number of pyridine rings is 1. The van der Waals surface area contributed by atoms with Gasteiger partial charge in [0.05, 0.1) is 23.9 Å². The molecule has 24 heavy (non-hydrogen) atoms. The van der Waals surface area contributed by atoms with Crippen LogP contribution in [-0.4, -0.2) is 33.7 Å². The number of aliphatic hydroxyl groups excluding tert-OH is 1. The number of aliphatic imine (C=N–C) groups is 1. The van der Waals surface area contributed by atoms with Crippen molar-refractivity contribution in [2.75, 3.05) is 12.3 Å². The Kier molecular flexibility index (Phi) is 6.79. The molecular formula is C18H19N3O2S. The summed E-state index contributed by atoms with van der Waals surface area (Å²) in [6.45, 7) is 2.10. The Balaban J connectivity index is 1.88. The zero-order chi connectivity index (χ0) is 17.4. The van der Waals surface area contributed by atoms with E-state index >= 15 is 0 Å². The van der Waals surface area contributed by atoms with Gasteiger partial charge in [0.25, 0.3) is 0 Å². The van der Waals surface area contributed by atoms with E-state index in [0.29, 0.717) is 28.9 Å². The Morgan fingerprint density at radius 1 is 1.33 bits per heavy atom. The first-order chi connectivity index (χ1) is 11.7. The van der Waals surface area contributed by atoms with Crippen LogP contribution in [0.1, 0.15) is 27.9 Å². The molecule has 0 aliphatic carbocycles. The first-order valence-corrected chi connectivity index (χ1v) is 8.66. The summed E-state index contributed by atoms with van der Waals surface area (Å²) in [4.78, 5) is 8.33. The number of benzene rings is 1. The number of aromatic hydroxyl groups is 1. The Bertz CT molecular complexity index is 769. The quantitative estimate of drug-likeness (QED) is 0.597. The summed E-state index contributed by atoms with van der Waals surface area (Å²) in [5.41, 5.74) is 3.32. The van der Waals surface area contributed by atoms with E-state index in [2.05, 4.69) is 16.0 Å². The SMILES string of the molecule is Cc1ncc(CO)c(C=NCCSCc2ccccc2C#N)c1O. The van der Waals surface area contributed by atoms with E-state index in [1.807, 2.05) is 24.3 Å². The van der Waals surface area contributed by atoms with E-state index < -0.39 is 0 Å². The van der Waals surface area contributed by atoms with E-state index in [4.69, 9.17) is 5.26 Å². The van der Waals surface area contributed by atoms with Gasteiger partial charge in [-0.3, -0.25) is 9.98 Å². The number of hydrogen-bond acceptors (Lipinski definition) is 6. The van der Waals surface area contributed by atoms with Gasteiger partial charge in [-0.15, -0.1) is 0 Å². The van der Waals surface area contributed by atoms with Crippen molar-refractivity contribution in [2.24, 2.45) is 4.99 Å². The fourth-order valence-corrected chi connectivity index (χ4v) is 2.98. The van der Waals surface area contributed by atoms with Crippen molar-refractivity contribution in [2.45, 2.75) is 19.3 Å². The minimum Gasteiger partial charge on any atom is -0.505 e. The van der Waals surface area contributed by atoms with Crippen LogP contribution in [0, 0.1) is 18.3 Å². The fourth-order valence-electron chi connectivity index (χ4n) is 2.13. The van der Waals surface area contributed by atoms with Gasteiger partial charge in [0, 0.05) is 41.6 Å². The number of aryl methyl sites for hydroxylation is 1. The van der Waals surface area contributed by atoms with Gasteiger partial charge < -0.3 is 10.2 Å². The van der Waals surface area contributed by atoms with E-state index in [1.54, 1.807) is 31.1 Å². The third-order valence-corrected chi connectivity index (χ3v) is 4.50. The molecule has 0 unspecified atom stereocenters. The maximum absolute atomic E-state index is 10.0. The molecule has 0 atom stereocenters. The molecule has 1 aromatic heterocycles. The average molecular weight is 341 g/mol. The van der Waals surface area contributed by atoms with Crippen LogP contribution in [0.25, 0.3) is 0 Å². The molecule has 0 spiro atoms. The van der Waals surface area contributed by atoms with Crippen LogP contribution in [0.3, 0.4) is 0 Å². The zero-order valence-corrected chi connectivity index (χ0v) is 14.3. The van der Waals surface area contributed by atoms with E-state index in [9.17, 15) is 10.2 Å². The monoisotopic (exact) mass is 341 g/mol. The summed E-state index contributed by atoms with van der Waals surface area (Å²) in [6, 6.07) is 9.76. The molecule has 2 N–H and O–H groups in total. The maximum Gasteiger partial charge on any atom is 0.145 e. The maximum atomic E-state index is 10.0. The van der Waals surface area contributed by atoms with E-state index in [1.165, 1.54) is 0 Å². The zero-order valence-electron chi connectivity index (χ0n) is 13.4. The lowest BCUT2D eigenvalue weighted by Gasteiger charge is -2.07. The molecule has 0 bridgehead atoms. The number of nitriles is 1. The van der Waals surface area contributed by atoms with Gasteiger partial charge in [-0.2, -0.15) is 17.0 Å². The standard InChI is InChI=1S/C18H19N3O2S/c1-13-18(23)17(16(11-22)9-21-13)10-20-6-7-24-12-15-5-3-2-4-14(15)8-19/h2-5,9-10,22-23H,6-7,11-12H2,1H3. The molecule has 0 amide bonds. The molecule has 0 radical (unpaired) electrons. The molecule has 1 aromatic carbocycles. The molecule has 0 saturated carbocycles. The highest BCUT2D eigenvalue weighted by atomic mass is 32.2. The number of thioether (sulfide) groups is 1. The fraction of sp³-hybridized carbons (Fsp3) is 0.278. The van der Waals surface area contributed by atoms with Crippen LogP contribution in [0.5, 0.6) is 5.75 Å². The van der Waals surface area contributed by atoms with Crippen molar-refractivity contribution in [1.82, 2.24) is 4.98 Å². The van der Waals surface area contributed by atoms with Crippen molar-refractivity contribution < 1.29 is 10.2 Å². The smallest absolute Gasteiger partial charge is 0.145 e. The van der Waals surface area contributed by atoms with Crippen LogP contribution in [0.15, 0.2) is 35.5 Å². The summed E-state index contributed by atoms with van der Waals surface area (Å²) in [6.07, 6.45) is 3.13. The third-order valence-electron chi connectivity index (χ3n) is 3.51.